The lowest BCUT2D eigenvalue weighted by atomic mass is 10.1. The Labute approximate surface area is 212 Å². The molecule has 1 aromatic heterocycles. The third-order valence-electron chi connectivity index (χ3n) is 5.76. The molecule has 6 heteroatoms. The lowest BCUT2D eigenvalue weighted by Crippen LogP contribution is -2.21. The molecule has 0 atom stereocenters. The first-order valence-corrected chi connectivity index (χ1v) is 12.0. The monoisotopic (exact) mass is 486 g/mol. The molecule has 3 aromatic rings. The largest absolute Gasteiger partial charge is 0.492 e. The van der Waals surface area contributed by atoms with Crippen LogP contribution in [0.2, 0.25) is 0 Å². The number of benzene rings is 2. The van der Waals surface area contributed by atoms with Crippen molar-refractivity contribution in [2.75, 3.05) is 19.0 Å². The number of anilines is 1. The number of allylic oxidation sites excluding steroid dienone is 3. The van der Waals surface area contributed by atoms with Crippen molar-refractivity contribution in [3.63, 3.8) is 0 Å². The van der Waals surface area contributed by atoms with E-state index in [1.54, 1.807) is 25.3 Å². The molecule has 0 bridgehead atoms. The number of nitrogens with zero attached hydrogens (tertiary/aromatic N) is 1. The number of nitrogens with one attached hydrogen (secondary N) is 1. The van der Waals surface area contributed by atoms with E-state index >= 15 is 0 Å². The average Bonchev–Trinajstić information content (AvgIpc) is 2.86. The number of pyridine rings is 1. The van der Waals surface area contributed by atoms with Gasteiger partial charge in [-0.25, -0.2) is 0 Å². The molecule has 3 rings (SSSR count). The standard InChI is InChI=1S/C30H34N2O4/c1-21(2)10-9-11-22(3)18-19-36-29-28(35-5)25-16-15-24(20-26(25)32(4)30(29)34)31-27(33)17-14-23-12-7-6-8-13-23/h6-8,10,12-18,20H,9,11,19H2,1-5H3,(H,31,33). The van der Waals surface area contributed by atoms with Crippen LogP contribution in [0.15, 0.2) is 82.7 Å². The van der Waals surface area contributed by atoms with Crippen LogP contribution in [0.1, 0.15) is 39.2 Å². The molecule has 36 heavy (non-hydrogen) atoms. The van der Waals surface area contributed by atoms with Crippen LogP contribution >= 0.6 is 0 Å². The molecule has 188 valence electrons. The normalized spacial score (nSPS) is 11.5. The fourth-order valence-corrected chi connectivity index (χ4v) is 3.77. The fourth-order valence-electron chi connectivity index (χ4n) is 3.77. The molecule has 0 saturated carbocycles. The van der Waals surface area contributed by atoms with Gasteiger partial charge in [-0.15, -0.1) is 0 Å². The number of aromatic nitrogens is 1. The molecule has 0 radical (unpaired) electrons. The SMILES string of the molecule is COc1c(OCC=C(C)CCC=C(C)C)c(=O)n(C)c2cc(NC(=O)C=Cc3ccccc3)ccc12. The van der Waals surface area contributed by atoms with Gasteiger partial charge < -0.3 is 19.4 Å². The Hall–Kier alpha value is -4.06. The lowest BCUT2D eigenvalue weighted by molar-refractivity contribution is -0.111. The molecule has 0 saturated heterocycles. The Balaban J connectivity index is 1.80. The number of carbonyl (C=O) groups excluding carboxylic acids is 1. The third kappa shape index (κ3) is 6.98. The van der Waals surface area contributed by atoms with E-state index in [9.17, 15) is 9.59 Å². The maximum absolute atomic E-state index is 13.1. The number of hydrogen-bond donors (Lipinski definition) is 1. The highest BCUT2D eigenvalue weighted by molar-refractivity contribution is 6.03. The Morgan fingerprint density at radius 3 is 2.47 bits per heavy atom. The van der Waals surface area contributed by atoms with Gasteiger partial charge in [0.15, 0.2) is 5.75 Å². The number of hydrogen-bond acceptors (Lipinski definition) is 4. The van der Waals surface area contributed by atoms with Crippen molar-refractivity contribution >= 4 is 28.6 Å². The van der Waals surface area contributed by atoms with E-state index in [2.05, 4.69) is 32.2 Å². The molecule has 0 fully saturated rings. The minimum absolute atomic E-state index is 0.170. The van der Waals surface area contributed by atoms with E-state index in [0.29, 0.717) is 17.0 Å². The van der Waals surface area contributed by atoms with Crippen molar-refractivity contribution in [1.82, 2.24) is 4.57 Å². The number of rotatable bonds is 10. The number of amides is 1. The van der Waals surface area contributed by atoms with Crippen LogP contribution in [-0.4, -0.2) is 24.2 Å². The Morgan fingerprint density at radius 2 is 1.78 bits per heavy atom. The summed E-state index contributed by atoms with van der Waals surface area (Å²) in [6.07, 6.45) is 9.34. The second-order valence-electron chi connectivity index (χ2n) is 8.87. The van der Waals surface area contributed by atoms with Crippen LogP contribution in [0.5, 0.6) is 11.5 Å². The van der Waals surface area contributed by atoms with Crippen molar-refractivity contribution in [2.45, 2.75) is 33.6 Å². The molecule has 2 aromatic carbocycles. The summed E-state index contributed by atoms with van der Waals surface area (Å²) >= 11 is 0. The number of aryl methyl sites for hydroxylation is 1. The van der Waals surface area contributed by atoms with Gasteiger partial charge >= 0.3 is 0 Å². The van der Waals surface area contributed by atoms with Crippen molar-refractivity contribution in [1.29, 1.82) is 0 Å². The molecule has 0 aliphatic heterocycles. The first kappa shape index (κ1) is 26.5. The minimum atomic E-state index is -0.303. The second-order valence-corrected chi connectivity index (χ2v) is 8.87. The van der Waals surface area contributed by atoms with Crippen molar-refractivity contribution in [3.8, 4) is 11.5 Å². The number of methoxy groups -OCH3 is 1. The third-order valence-corrected chi connectivity index (χ3v) is 5.76. The van der Waals surface area contributed by atoms with E-state index in [-0.39, 0.29) is 23.8 Å². The highest BCUT2D eigenvalue weighted by atomic mass is 16.5. The Morgan fingerprint density at radius 1 is 1.03 bits per heavy atom. The summed E-state index contributed by atoms with van der Waals surface area (Å²) in [7, 11) is 3.20. The van der Waals surface area contributed by atoms with Crippen LogP contribution in [-0.2, 0) is 11.8 Å². The van der Waals surface area contributed by atoms with Crippen molar-refractivity contribution < 1.29 is 14.3 Å². The van der Waals surface area contributed by atoms with E-state index in [0.717, 1.165) is 23.8 Å². The second kappa shape index (κ2) is 12.6. The average molecular weight is 487 g/mol. The van der Waals surface area contributed by atoms with Crippen molar-refractivity contribution in [2.24, 2.45) is 7.05 Å². The van der Waals surface area contributed by atoms with Gasteiger partial charge in [-0.05, 0) is 69.5 Å². The molecule has 0 aliphatic carbocycles. The van der Waals surface area contributed by atoms with E-state index < -0.39 is 0 Å². The summed E-state index contributed by atoms with van der Waals surface area (Å²) in [6.45, 7) is 6.51. The maximum Gasteiger partial charge on any atom is 0.297 e. The van der Waals surface area contributed by atoms with Gasteiger partial charge in [0.1, 0.15) is 6.61 Å². The molecule has 0 aliphatic rings. The maximum atomic E-state index is 13.1. The van der Waals surface area contributed by atoms with Crippen LogP contribution in [0, 0.1) is 0 Å². The predicted molar refractivity (Wildman–Crippen MR) is 148 cm³/mol. The van der Waals surface area contributed by atoms with Gasteiger partial charge in [-0.3, -0.25) is 9.59 Å². The first-order valence-electron chi connectivity index (χ1n) is 12.0. The van der Waals surface area contributed by atoms with Gasteiger partial charge in [0, 0.05) is 24.2 Å². The number of fused-ring (bicyclic) bond motifs is 1. The van der Waals surface area contributed by atoms with Gasteiger partial charge in [0.25, 0.3) is 5.56 Å². The van der Waals surface area contributed by atoms with Crippen LogP contribution < -0.4 is 20.3 Å². The van der Waals surface area contributed by atoms with Crippen molar-refractivity contribution in [3.05, 3.63) is 93.8 Å². The van der Waals surface area contributed by atoms with E-state index in [4.69, 9.17) is 9.47 Å². The predicted octanol–water partition coefficient (Wildman–Crippen LogP) is 6.27. The lowest BCUT2D eigenvalue weighted by Gasteiger charge is -2.15. The van der Waals surface area contributed by atoms with Gasteiger partial charge in [-0.1, -0.05) is 47.6 Å². The van der Waals surface area contributed by atoms with Crippen LogP contribution in [0.4, 0.5) is 5.69 Å². The zero-order chi connectivity index (χ0) is 26.1. The summed E-state index contributed by atoms with van der Waals surface area (Å²) in [5.74, 6) is 0.288. The molecule has 1 N–H and O–H groups in total. The molecule has 0 unspecified atom stereocenters. The number of carbonyl (C=O) groups is 1. The highest BCUT2D eigenvalue weighted by Crippen LogP contribution is 2.33. The molecule has 0 spiro atoms. The fraction of sp³-hybridized carbons (Fsp3) is 0.267. The zero-order valence-corrected chi connectivity index (χ0v) is 21.6. The number of ether oxygens (including phenoxy) is 2. The Bertz CT molecular complexity index is 1360. The smallest absolute Gasteiger partial charge is 0.297 e. The minimum Gasteiger partial charge on any atom is -0.492 e. The van der Waals surface area contributed by atoms with Crippen LogP contribution in [0.25, 0.3) is 17.0 Å². The van der Waals surface area contributed by atoms with Gasteiger partial charge in [0.2, 0.25) is 11.7 Å². The molecule has 1 amide bonds. The van der Waals surface area contributed by atoms with Gasteiger partial charge in [-0.2, -0.15) is 0 Å². The topological polar surface area (TPSA) is 69.6 Å². The quantitative estimate of drug-likeness (QED) is 0.271. The van der Waals surface area contributed by atoms with E-state index in [1.807, 2.05) is 42.5 Å². The summed E-state index contributed by atoms with van der Waals surface area (Å²) in [5.41, 5.74) is 4.33. The summed E-state index contributed by atoms with van der Waals surface area (Å²) in [6, 6.07) is 14.9. The molecular weight excluding hydrogens is 452 g/mol. The molecule has 1 heterocycles. The highest BCUT2D eigenvalue weighted by Gasteiger charge is 2.18. The van der Waals surface area contributed by atoms with Crippen LogP contribution in [0.3, 0.4) is 0 Å². The summed E-state index contributed by atoms with van der Waals surface area (Å²) in [4.78, 5) is 25.5. The molecular formula is C30H34N2O4. The molecule has 6 nitrogen and oxygen atoms in total. The first-order chi connectivity index (χ1) is 17.3. The summed E-state index contributed by atoms with van der Waals surface area (Å²) in [5, 5.41) is 3.57. The Kier molecular flexibility index (Phi) is 9.28. The van der Waals surface area contributed by atoms with Gasteiger partial charge in [0.05, 0.1) is 12.6 Å². The summed E-state index contributed by atoms with van der Waals surface area (Å²) < 4.78 is 13.0. The van der Waals surface area contributed by atoms with E-state index in [1.165, 1.54) is 28.9 Å². The zero-order valence-electron chi connectivity index (χ0n) is 21.6.